The van der Waals surface area contributed by atoms with Gasteiger partial charge in [-0.1, -0.05) is 7.43 Å². The number of carbonyl (C=O) groups excluding carboxylic acids is 1. The van der Waals surface area contributed by atoms with Gasteiger partial charge in [-0.05, 0) is 50.3 Å². The summed E-state index contributed by atoms with van der Waals surface area (Å²) in [6.45, 7) is 1.96. The molecule has 0 bridgehead atoms. The van der Waals surface area contributed by atoms with E-state index in [4.69, 9.17) is 4.74 Å². The number of hydrogen-bond donors (Lipinski definition) is 0. The fourth-order valence-electron chi connectivity index (χ4n) is 4.39. The number of nitrogens with zero attached hydrogens (tertiary/aromatic N) is 4. The van der Waals surface area contributed by atoms with Crippen molar-refractivity contribution < 1.29 is 13.9 Å². The molecular formula is C23H29FN4O2. The maximum atomic E-state index is 14.8. The van der Waals surface area contributed by atoms with Crippen LogP contribution in [0.3, 0.4) is 0 Å². The van der Waals surface area contributed by atoms with Crippen LogP contribution in [0.15, 0.2) is 24.5 Å². The molecule has 1 aromatic carbocycles. The lowest BCUT2D eigenvalue weighted by atomic mass is 9.93. The Labute approximate surface area is 176 Å². The van der Waals surface area contributed by atoms with Gasteiger partial charge in [-0.3, -0.25) is 9.48 Å². The average Bonchev–Trinajstić information content (AvgIpc) is 3.34. The highest BCUT2D eigenvalue weighted by Crippen LogP contribution is 2.37. The summed E-state index contributed by atoms with van der Waals surface area (Å²) in [4.78, 5) is 11.7. The Bertz CT molecular complexity index is 1080. The first-order chi connectivity index (χ1) is 14.0. The summed E-state index contributed by atoms with van der Waals surface area (Å²) in [6.07, 6.45) is 9.27. The lowest BCUT2D eigenvalue weighted by molar-refractivity contribution is -0.117. The van der Waals surface area contributed by atoms with Crippen LogP contribution in [0.2, 0.25) is 0 Å². The number of rotatable bonds is 5. The molecule has 0 spiro atoms. The first-order valence-corrected chi connectivity index (χ1v) is 10.4. The van der Waals surface area contributed by atoms with Crippen molar-refractivity contribution in [1.29, 1.82) is 0 Å². The number of Topliss-reactive ketones (excluding diaryl/α,β-unsaturated/α-hetero) is 1. The van der Waals surface area contributed by atoms with Crippen LogP contribution in [0.1, 0.15) is 58.9 Å². The second-order valence-electron chi connectivity index (χ2n) is 8.44. The highest BCUT2D eigenvalue weighted by atomic mass is 19.1. The molecule has 0 radical (unpaired) electrons. The van der Waals surface area contributed by atoms with Gasteiger partial charge in [-0.2, -0.15) is 14.6 Å². The molecule has 30 heavy (non-hydrogen) atoms. The first-order valence-electron chi connectivity index (χ1n) is 10.4. The molecule has 160 valence electrons. The van der Waals surface area contributed by atoms with E-state index < -0.39 is 5.95 Å². The number of hydrogen-bond acceptors (Lipinski definition) is 4. The Morgan fingerprint density at radius 1 is 1.23 bits per heavy atom. The number of ether oxygens (including phenoxy) is 1. The molecule has 0 aliphatic heterocycles. The largest absolute Gasteiger partial charge is 0.490 e. The number of fused-ring (bicyclic) bond motifs is 1. The molecule has 0 N–H and O–H groups in total. The number of ketones is 1. The zero-order valence-electron chi connectivity index (χ0n) is 16.8. The standard InChI is InChI=1S/C22H25FN4O2.CH4/c1-13(14-6-7-18(28)8-14)29-20-10-15(9-19-21(20)22(23)26(2)25-19)16-11-24-27(12-16)17-4-3-5-17;/h9-14,17H,3-8H2,1-2H3;1H4/t13-,14+;/m1./s1. The molecule has 2 saturated carbocycles. The Kier molecular flexibility index (Phi) is 5.38. The SMILES string of the molecule is C.C[C@@H](Oc1cc(-c2cnn(C3CCC3)c2)cc2nn(C)c(F)c12)[C@H]1CCC(=O)C1. The predicted molar refractivity (Wildman–Crippen MR) is 114 cm³/mol. The van der Waals surface area contributed by atoms with Gasteiger partial charge in [0, 0.05) is 37.6 Å². The molecule has 2 fully saturated rings. The van der Waals surface area contributed by atoms with Crippen LogP contribution in [-0.4, -0.2) is 31.4 Å². The topological polar surface area (TPSA) is 61.9 Å². The summed E-state index contributed by atoms with van der Waals surface area (Å²) in [5.74, 6) is 0.510. The third-order valence-electron chi connectivity index (χ3n) is 6.47. The summed E-state index contributed by atoms with van der Waals surface area (Å²) in [5, 5.41) is 9.23. The van der Waals surface area contributed by atoms with Crippen molar-refractivity contribution >= 4 is 16.7 Å². The van der Waals surface area contributed by atoms with Crippen LogP contribution < -0.4 is 4.74 Å². The number of aryl methyl sites for hydroxylation is 1. The highest BCUT2D eigenvalue weighted by Gasteiger charge is 2.29. The van der Waals surface area contributed by atoms with E-state index in [1.807, 2.05) is 36.1 Å². The maximum absolute atomic E-state index is 14.8. The van der Waals surface area contributed by atoms with Crippen molar-refractivity contribution in [2.45, 2.75) is 65.0 Å². The number of carbonyl (C=O) groups is 1. The fraction of sp³-hybridized carbons (Fsp3) is 0.522. The Morgan fingerprint density at radius 3 is 2.70 bits per heavy atom. The van der Waals surface area contributed by atoms with Crippen molar-refractivity contribution in [3.8, 4) is 16.9 Å². The van der Waals surface area contributed by atoms with Crippen molar-refractivity contribution in [2.24, 2.45) is 13.0 Å². The molecule has 2 aliphatic carbocycles. The smallest absolute Gasteiger partial charge is 0.222 e. The average molecular weight is 413 g/mol. The van der Waals surface area contributed by atoms with E-state index in [9.17, 15) is 9.18 Å². The van der Waals surface area contributed by atoms with Gasteiger partial charge in [0.05, 0.1) is 29.2 Å². The lowest BCUT2D eigenvalue weighted by Gasteiger charge is -2.25. The summed E-state index contributed by atoms with van der Waals surface area (Å²) in [5.41, 5.74) is 2.44. The molecule has 2 atom stereocenters. The maximum Gasteiger partial charge on any atom is 0.222 e. The van der Waals surface area contributed by atoms with Crippen LogP contribution in [0.4, 0.5) is 4.39 Å². The molecule has 2 aliphatic rings. The van der Waals surface area contributed by atoms with Gasteiger partial charge in [0.25, 0.3) is 0 Å². The van der Waals surface area contributed by atoms with Crippen LogP contribution in [0.5, 0.6) is 5.75 Å². The van der Waals surface area contributed by atoms with E-state index in [-0.39, 0.29) is 25.2 Å². The molecule has 7 heteroatoms. The van der Waals surface area contributed by atoms with E-state index in [0.29, 0.717) is 35.5 Å². The summed E-state index contributed by atoms with van der Waals surface area (Å²) < 4.78 is 24.2. The minimum absolute atomic E-state index is 0. The van der Waals surface area contributed by atoms with Crippen LogP contribution >= 0.6 is 0 Å². The Morgan fingerprint density at radius 2 is 2.03 bits per heavy atom. The fourth-order valence-corrected chi connectivity index (χ4v) is 4.39. The van der Waals surface area contributed by atoms with E-state index in [1.165, 1.54) is 11.1 Å². The van der Waals surface area contributed by atoms with E-state index in [0.717, 1.165) is 30.4 Å². The number of benzene rings is 1. The van der Waals surface area contributed by atoms with Gasteiger partial charge in [0.1, 0.15) is 11.5 Å². The molecule has 3 aromatic rings. The molecule has 0 unspecified atom stereocenters. The van der Waals surface area contributed by atoms with Crippen molar-refractivity contribution in [2.75, 3.05) is 0 Å². The zero-order chi connectivity index (χ0) is 20.1. The minimum atomic E-state index is -0.415. The monoisotopic (exact) mass is 412 g/mol. The molecule has 0 amide bonds. The van der Waals surface area contributed by atoms with Gasteiger partial charge < -0.3 is 4.74 Å². The predicted octanol–water partition coefficient (Wildman–Crippen LogP) is 5.07. The summed E-state index contributed by atoms with van der Waals surface area (Å²) >= 11 is 0. The van der Waals surface area contributed by atoms with E-state index in [1.54, 1.807) is 7.05 Å². The summed E-state index contributed by atoms with van der Waals surface area (Å²) in [6, 6.07) is 4.25. The highest BCUT2D eigenvalue weighted by molar-refractivity contribution is 5.90. The molecule has 2 heterocycles. The van der Waals surface area contributed by atoms with Crippen molar-refractivity contribution in [1.82, 2.24) is 19.6 Å². The minimum Gasteiger partial charge on any atom is -0.490 e. The quantitative estimate of drug-likeness (QED) is 0.587. The van der Waals surface area contributed by atoms with Gasteiger partial charge in [-0.25, -0.2) is 4.68 Å². The van der Waals surface area contributed by atoms with Crippen LogP contribution in [-0.2, 0) is 11.8 Å². The van der Waals surface area contributed by atoms with Crippen LogP contribution in [0, 0.1) is 11.9 Å². The van der Waals surface area contributed by atoms with Gasteiger partial charge in [-0.15, -0.1) is 0 Å². The Balaban J connectivity index is 0.00000218. The molecular weight excluding hydrogens is 383 g/mol. The molecule has 2 aromatic heterocycles. The molecule has 6 nitrogen and oxygen atoms in total. The zero-order valence-corrected chi connectivity index (χ0v) is 16.8. The molecule has 5 rings (SSSR count). The van der Waals surface area contributed by atoms with Crippen molar-refractivity contribution in [3.63, 3.8) is 0 Å². The van der Waals surface area contributed by atoms with Crippen LogP contribution in [0.25, 0.3) is 22.0 Å². The second kappa shape index (κ2) is 7.85. The summed E-state index contributed by atoms with van der Waals surface area (Å²) in [7, 11) is 1.59. The Hall–Kier alpha value is -2.70. The second-order valence-corrected chi connectivity index (χ2v) is 8.44. The third kappa shape index (κ3) is 3.50. The lowest BCUT2D eigenvalue weighted by Crippen LogP contribution is -2.22. The van der Waals surface area contributed by atoms with Gasteiger partial charge in [0.2, 0.25) is 5.95 Å². The first kappa shape index (κ1) is 20.6. The van der Waals surface area contributed by atoms with Crippen molar-refractivity contribution in [3.05, 3.63) is 30.5 Å². The number of halogens is 1. The van der Waals surface area contributed by atoms with E-state index >= 15 is 0 Å². The molecule has 0 saturated heterocycles. The van der Waals surface area contributed by atoms with Gasteiger partial charge >= 0.3 is 0 Å². The third-order valence-corrected chi connectivity index (χ3v) is 6.47. The number of aromatic nitrogens is 4. The van der Waals surface area contributed by atoms with Gasteiger partial charge in [0.15, 0.2) is 0 Å². The normalized spacial score (nSPS) is 20.2. The van der Waals surface area contributed by atoms with E-state index in [2.05, 4.69) is 10.2 Å².